The van der Waals surface area contributed by atoms with Crippen LogP contribution < -0.4 is 18.9 Å². The van der Waals surface area contributed by atoms with Gasteiger partial charge in [-0.25, -0.2) is 0 Å². The third-order valence-electron chi connectivity index (χ3n) is 8.39. The molecular weight excluding hydrogens is 488 g/mol. The number of nitrogens with zero attached hydrogens (tertiary/aromatic N) is 2. The van der Waals surface area contributed by atoms with E-state index in [9.17, 15) is 0 Å². The number of fused-ring (bicyclic) bond motifs is 2. The van der Waals surface area contributed by atoms with Crippen LogP contribution in [-0.2, 0) is 12.8 Å². The SMILES string of the molecule is COc1ccc2c(OCCCN3CCCCC(CN4CCc5cc(OC)c(OC)cc5CC4)C3)cccc2c1. The molecule has 6 heteroatoms. The van der Waals surface area contributed by atoms with Crippen LogP contribution in [0.25, 0.3) is 10.8 Å². The van der Waals surface area contributed by atoms with Crippen LogP contribution in [0.2, 0.25) is 0 Å². The van der Waals surface area contributed by atoms with E-state index in [2.05, 4.69) is 52.3 Å². The topological polar surface area (TPSA) is 43.4 Å². The zero-order valence-electron chi connectivity index (χ0n) is 23.9. The maximum absolute atomic E-state index is 6.25. The number of rotatable bonds is 10. The molecule has 39 heavy (non-hydrogen) atoms. The van der Waals surface area contributed by atoms with Crippen molar-refractivity contribution < 1.29 is 18.9 Å². The van der Waals surface area contributed by atoms with Gasteiger partial charge in [-0.2, -0.15) is 0 Å². The van der Waals surface area contributed by atoms with Crippen LogP contribution >= 0.6 is 0 Å². The normalized spacial score (nSPS) is 18.7. The van der Waals surface area contributed by atoms with Crippen molar-refractivity contribution in [2.45, 2.75) is 38.5 Å². The van der Waals surface area contributed by atoms with Crippen LogP contribution in [0.3, 0.4) is 0 Å². The van der Waals surface area contributed by atoms with Crippen molar-refractivity contribution in [1.82, 2.24) is 9.80 Å². The molecule has 1 atom stereocenters. The quantitative estimate of drug-likeness (QED) is 0.306. The summed E-state index contributed by atoms with van der Waals surface area (Å²) in [5.74, 6) is 4.25. The monoisotopic (exact) mass is 532 g/mol. The van der Waals surface area contributed by atoms with Crippen molar-refractivity contribution in [1.29, 1.82) is 0 Å². The summed E-state index contributed by atoms with van der Waals surface area (Å²) in [5.41, 5.74) is 2.81. The first kappa shape index (κ1) is 27.6. The van der Waals surface area contributed by atoms with Gasteiger partial charge in [-0.05, 0) is 97.5 Å². The predicted molar refractivity (Wildman–Crippen MR) is 158 cm³/mol. The number of hydrogen-bond donors (Lipinski definition) is 0. The minimum Gasteiger partial charge on any atom is -0.497 e. The molecule has 2 aliphatic heterocycles. The molecule has 0 bridgehead atoms. The van der Waals surface area contributed by atoms with Crippen LogP contribution in [0.5, 0.6) is 23.0 Å². The molecule has 0 N–H and O–H groups in total. The lowest BCUT2D eigenvalue weighted by atomic mass is 10.0. The average molecular weight is 533 g/mol. The molecular formula is C33H44N2O4. The zero-order valence-corrected chi connectivity index (χ0v) is 23.9. The molecule has 1 fully saturated rings. The average Bonchev–Trinajstić information content (AvgIpc) is 3.32. The number of benzene rings is 3. The van der Waals surface area contributed by atoms with Gasteiger partial charge in [0.1, 0.15) is 11.5 Å². The van der Waals surface area contributed by atoms with E-state index >= 15 is 0 Å². The maximum Gasteiger partial charge on any atom is 0.161 e. The Kier molecular flexibility index (Phi) is 9.49. The molecule has 0 radical (unpaired) electrons. The highest BCUT2D eigenvalue weighted by Crippen LogP contribution is 2.33. The lowest BCUT2D eigenvalue weighted by molar-refractivity contribution is 0.180. The van der Waals surface area contributed by atoms with Gasteiger partial charge in [-0.15, -0.1) is 0 Å². The summed E-state index contributed by atoms with van der Waals surface area (Å²) < 4.78 is 22.7. The summed E-state index contributed by atoms with van der Waals surface area (Å²) in [7, 11) is 5.15. The fraction of sp³-hybridized carbons (Fsp3) is 0.515. The molecule has 0 aromatic heterocycles. The Labute approximate surface area is 233 Å². The largest absolute Gasteiger partial charge is 0.497 e. The van der Waals surface area contributed by atoms with Gasteiger partial charge in [0.25, 0.3) is 0 Å². The van der Waals surface area contributed by atoms with E-state index in [0.29, 0.717) is 0 Å². The molecule has 0 aliphatic carbocycles. The summed E-state index contributed by atoms with van der Waals surface area (Å²) in [4.78, 5) is 5.36. The standard InChI is InChI=1S/C33H44N2O4/c1-36-29-11-12-30-28(20-29)9-6-10-31(30)39-19-7-16-34-15-5-4-8-25(23-34)24-35-17-13-26-21-32(37-2)33(38-3)22-27(26)14-18-35/h6,9-12,20-22,25H,4-5,7-8,13-19,23-24H2,1-3H3. The van der Waals surface area contributed by atoms with Gasteiger partial charge in [0.2, 0.25) is 0 Å². The molecule has 1 unspecified atom stereocenters. The molecule has 3 aromatic carbocycles. The lowest BCUT2D eigenvalue weighted by Gasteiger charge is -2.29. The summed E-state index contributed by atoms with van der Waals surface area (Å²) in [5, 5.41) is 2.29. The maximum atomic E-state index is 6.25. The van der Waals surface area contributed by atoms with Gasteiger partial charge < -0.3 is 28.7 Å². The third-order valence-corrected chi connectivity index (χ3v) is 8.39. The highest BCUT2D eigenvalue weighted by molar-refractivity contribution is 5.89. The molecule has 6 nitrogen and oxygen atoms in total. The van der Waals surface area contributed by atoms with Crippen LogP contribution in [0, 0.1) is 5.92 Å². The minimum absolute atomic E-state index is 0.728. The second-order valence-electron chi connectivity index (χ2n) is 11.0. The van der Waals surface area contributed by atoms with Crippen LogP contribution in [0.4, 0.5) is 0 Å². The Morgan fingerprint density at radius 1 is 0.769 bits per heavy atom. The minimum atomic E-state index is 0.728. The van der Waals surface area contributed by atoms with E-state index in [1.807, 2.05) is 6.07 Å². The Bertz CT molecular complexity index is 1190. The van der Waals surface area contributed by atoms with Crippen molar-refractivity contribution in [2.75, 3.05) is 67.2 Å². The van der Waals surface area contributed by atoms with Gasteiger partial charge in [0.15, 0.2) is 11.5 Å². The fourth-order valence-corrected chi connectivity index (χ4v) is 6.27. The number of methoxy groups -OCH3 is 3. The van der Waals surface area contributed by atoms with E-state index in [1.54, 1.807) is 21.3 Å². The Hall–Kier alpha value is -2.96. The van der Waals surface area contributed by atoms with Crippen LogP contribution in [-0.4, -0.2) is 77.0 Å². The predicted octanol–water partition coefficient (Wildman–Crippen LogP) is 5.84. The second kappa shape index (κ2) is 13.4. The zero-order chi connectivity index (χ0) is 27.0. The Morgan fingerprint density at radius 3 is 2.26 bits per heavy atom. The number of hydrogen-bond acceptors (Lipinski definition) is 6. The van der Waals surface area contributed by atoms with Crippen molar-refractivity contribution in [3.05, 3.63) is 59.7 Å². The second-order valence-corrected chi connectivity index (χ2v) is 11.0. The van der Waals surface area contributed by atoms with E-state index in [0.717, 1.165) is 85.2 Å². The molecule has 1 saturated heterocycles. The smallest absolute Gasteiger partial charge is 0.161 e. The highest BCUT2D eigenvalue weighted by Gasteiger charge is 2.23. The van der Waals surface area contributed by atoms with E-state index < -0.39 is 0 Å². The molecule has 2 aliphatic rings. The Balaban J connectivity index is 1.11. The van der Waals surface area contributed by atoms with Gasteiger partial charge in [-0.3, -0.25) is 0 Å². The summed E-state index contributed by atoms with van der Waals surface area (Å²) in [6, 6.07) is 16.8. The summed E-state index contributed by atoms with van der Waals surface area (Å²) in [6.07, 6.45) is 7.15. The van der Waals surface area contributed by atoms with Crippen molar-refractivity contribution >= 4 is 10.8 Å². The van der Waals surface area contributed by atoms with E-state index in [-0.39, 0.29) is 0 Å². The van der Waals surface area contributed by atoms with Crippen LogP contribution in [0.15, 0.2) is 48.5 Å². The van der Waals surface area contributed by atoms with Crippen LogP contribution in [0.1, 0.15) is 36.8 Å². The summed E-state index contributed by atoms with van der Waals surface area (Å²) >= 11 is 0. The van der Waals surface area contributed by atoms with Gasteiger partial charge >= 0.3 is 0 Å². The van der Waals surface area contributed by atoms with Gasteiger partial charge in [-0.1, -0.05) is 18.6 Å². The molecule has 3 aromatic rings. The first-order valence-corrected chi connectivity index (χ1v) is 14.5. The molecule has 210 valence electrons. The van der Waals surface area contributed by atoms with Crippen molar-refractivity contribution in [3.8, 4) is 23.0 Å². The van der Waals surface area contributed by atoms with Crippen molar-refractivity contribution in [2.24, 2.45) is 5.92 Å². The van der Waals surface area contributed by atoms with E-state index in [1.165, 1.54) is 50.0 Å². The van der Waals surface area contributed by atoms with E-state index in [4.69, 9.17) is 18.9 Å². The third kappa shape index (κ3) is 6.98. The molecule has 2 heterocycles. The molecule has 0 saturated carbocycles. The van der Waals surface area contributed by atoms with Crippen molar-refractivity contribution in [3.63, 3.8) is 0 Å². The molecule has 5 rings (SSSR count). The number of ether oxygens (including phenoxy) is 4. The lowest BCUT2D eigenvalue weighted by Crippen LogP contribution is -2.37. The molecule has 0 spiro atoms. The highest BCUT2D eigenvalue weighted by atomic mass is 16.5. The van der Waals surface area contributed by atoms with Gasteiger partial charge in [0, 0.05) is 38.1 Å². The number of likely N-dealkylation sites (tertiary alicyclic amines) is 1. The Morgan fingerprint density at radius 2 is 1.54 bits per heavy atom. The first-order valence-electron chi connectivity index (χ1n) is 14.5. The fourth-order valence-electron chi connectivity index (χ4n) is 6.27. The first-order chi connectivity index (χ1) is 19.2. The van der Waals surface area contributed by atoms with Gasteiger partial charge in [0.05, 0.1) is 27.9 Å². The summed E-state index contributed by atoms with van der Waals surface area (Å²) in [6.45, 7) is 7.65. The molecule has 0 amide bonds.